The van der Waals surface area contributed by atoms with Gasteiger partial charge in [0, 0.05) is 99.6 Å². The normalized spacial score (nSPS) is 26.6. The Hall–Kier alpha value is -6.04. The Labute approximate surface area is 424 Å². The van der Waals surface area contributed by atoms with E-state index in [1.54, 1.807) is 6.20 Å². The zero-order valence-electron chi connectivity index (χ0n) is 42.0. The van der Waals surface area contributed by atoms with Crippen LogP contribution in [0.5, 0.6) is 0 Å². The number of pyridine rings is 2. The predicted octanol–water partition coefficient (Wildman–Crippen LogP) is 6.79. The van der Waals surface area contributed by atoms with Gasteiger partial charge in [-0.3, -0.25) is 29.3 Å². The number of fused-ring (bicyclic) bond motifs is 3. The third-order valence-electron chi connectivity index (χ3n) is 17.8. The average molecular weight is 1000 g/mol. The number of nitrogens with one attached hydrogen (secondary N) is 2. The van der Waals surface area contributed by atoms with Crippen molar-refractivity contribution in [3.63, 3.8) is 0 Å². The number of aromatic nitrogens is 4. The molecule has 5 amide bonds. The SMILES string of the molecule is CC(C)n1cnc2cc(-c3ccc4c(c3)N(C3CC(N5CCCCC5)C3)C(=O)C43CCN(C(=O)C4CN(C(=O)C5CCN(c6ccc(C7CCC(=O)NC7=O)cn6)CC5)CCC4(F)F)CC3)nc(NC3CC3)c21. The number of hydrogen-bond acceptors (Lipinski definition) is 11. The van der Waals surface area contributed by atoms with Crippen molar-refractivity contribution in [2.75, 3.05) is 67.5 Å². The monoisotopic (exact) mass is 1000 g/mol. The molecule has 1 spiro atoms. The zero-order valence-corrected chi connectivity index (χ0v) is 42.0. The molecule has 0 radical (unpaired) electrons. The maximum Gasteiger partial charge on any atom is 0.263 e. The molecule has 73 heavy (non-hydrogen) atoms. The largest absolute Gasteiger partial charge is 0.366 e. The molecule has 1 aromatic carbocycles. The lowest BCUT2D eigenvalue weighted by Gasteiger charge is -2.48. The summed E-state index contributed by atoms with van der Waals surface area (Å²) in [6.07, 6.45) is 13.0. The van der Waals surface area contributed by atoms with E-state index in [0.717, 1.165) is 89.5 Å². The minimum absolute atomic E-state index is 0.0310. The van der Waals surface area contributed by atoms with E-state index >= 15 is 13.6 Å². The number of nitrogens with zero attached hydrogens (tertiary/aromatic N) is 9. The summed E-state index contributed by atoms with van der Waals surface area (Å²) in [6.45, 7) is 7.40. The fourth-order valence-electron chi connectivity index (χ4n) is 13.2. The van der Waals surface area contributed by atoms with Gasteiger partial charge in [0.25, 0.3) is 5.92 Å². The summed E-state index contributed by atoms with van der Waals surface area (Å²) in [6, 6.07) is 13.1. The van der Waals surface area contributed by atoms with Crippen molar-refractivity contribution in [3.8, 4) is 11.3 Å². The Morgan fingerprint density at radius 1 is 0.808 bits per heavy atom. The number of rotatable bonds is 10. The predicted molar refractivity (Wildman–Crippen MR) is 271 cm³/mol. The lowest BCUT2D eigenvalue weighted by molar-refractivity contribution is -0.167. The highest BCUT2D eigenvalue weighted by Crippen LogP contribution is 2.53. The summed E-state index contributed by atoms with van der Waals surface area (Å²) in [7, 11) is 0. The van der Waals surface area contributed by atoms with Crippen LogP contribution < -0.4 is 20.4 Å². The molecule has 2 saturated carbocycles. The number of carbonyl (C=O) groups excluding carboxylic acids is 5. The van der Waals surface area contributed by atoms with Gasteiger partial charge in [0.05, 0.1) is 28.9 Å². The van der Waals surface area contributed by atoms with Crippen LogP contribution in [-0.2, 0) is 29.4 Å². The van der Waals surface area contributed by atoms with Crippen LogP contribution in [0, 0.1) is 11.8 Å². The number of imide groups is 1. The zero-order chi connectivity index (χ0) is 50.3. The van der Waals surface area contributed by atoms with Crippen LogP contribution >= 0.6 is 0 Å². The third kappa shape index (κ3) is 8.72. The molecule has 7 fully saturated rings. The van der Waals surface area contributed by atoms with Crippen molar-refractivity contribution in [2.45, 2.75) is 145 Å². The van der Waals surface area contributed by atoms with E-state index in [1.807, 2.05) is 29.4 Å². The lowest BCUT2D eigenvalue weighted by Crippen LogP contribution is -2.60. The van der Waals surface area contributed by atoms with Gasteiger partial charge in [0.2, 0.25) is 29.5 Å². The maximum atomic E-state index is 16.0. The van der Waals surface area contributed by atoms with Crippen LogP contribution in [0.15, 0.2) is 48.9 Å². The Balaban J connectivity index is 0.737. The molecule has 12 rings (SSSR count). The number of benzene rings is 1. The second-order valence-electron chi connectivity index (χ2n) is 22.6. The number of anilines is 3. The summed E-state index contributed by atoms with van der Waals surface area (Å²) in [5.41, 5.74) is 5.17. The summed E-state index contributed by atoms with van der Waals surface area (Å²) >= 11 is 0. The van der Waals surface area contributed by atoms with E-state index in [9.17, 15) is 19.2 Å². The molecular formula is C55H67F2N11O5. The van der Waals surface area contributed by atoms with Crippen LogP contribution in [-0.4, -0.2) is 140 Å². The standard InChI is InChI=1S/C55H67F2N11O5/c1-33(2)67-32-59-44-29-43(61-49(48(44)67)60-37-8-9-37)35-6-11-41-45(26-35)68(39-27-38(28-39)63-19-4-3-5-20-63)53(73)54(41)16-23-65(24-17-54)52(72)42-31-66(25-18-55(42,56)57)51(71)34-14-21-64(22-15-34)46-12-7-36(30-58-46)40-10-13-47(69)62-50(40)70/h6-7,11-12,26,29-30,32-34,37-40,42H,3-5,8-10,13-25,27-28,31H2,1-2H3,(H,60,61)(H,62,69,70). The Morgan fingerprint density at radius 2 is 1.56 bits per heavy atom. The number of likely N-dealkylation sites (tertiary alicyclic amines) is 3. The Morgan fingerprint density at radius 3 is 2.26 bits per heavy atom. The van der Waals surface area contributed by atoms with E-state index in [1.165, 1.54) is 29.1 Å². The quantitative estimate of drug-likeness (QED) is 0.161. The molecule has 386 valence electrons. The van der Waals surface area contributed by atoms with Crippen LogP contribution in [0.4, 0.5) is 26.1 Å². The average Bonchev–Trinajstić information content (AvgIpc) is 4.05. The summed E-state index contributed by atoms with van der Waals surface area (Å²) in [4.78, 5) is 92.0. The molecule has 16 nitrogen and oxygen atoms in total. The number of piperidine rings is 5. The number of alkyl halides is 2. The first-order valence-electron chi connectivity index (χ1n) is 27.1. The molecule has 8 aliphatic rings. The molecule has 3 aromatic heterocycles. The topological polar surface area (TPSA) is 169 Å². The fraction of sp³-hybridized carbons (Fsp3) is 0.600. The number of hydrogen-bond donors (Lipinski definition) is 2. The Kier molecular flexibility index (Phi) is 12.3. The molecule has 2 aliphatic carbocycles. The number of imidazole rings is 1. The van der Waals surface area contributed by atoms with Crippen molar-refractivity contribution >= 4 is 57.9 Å². The summed E-state index contributed by atoms with van der Waals surface area (Å²) in [5.74, 6) is -5.63. The Bertz CT molecular complexity index is 2820. The molecule has 18 heteroatoms. The van der Waals surface area contributed by atoms with Gasteiger partial charge < -0.3 is 34.4 Å². The molecule has 4 aromatic rings. The molecule has 2 atom stereocenters. The van der Waals surface area contributed by atoms with E-state index in [-0.39, 0.29) is 74.2 Å². The van der Waals surface area contributed by atoms with Crippen LogP contribution in [0.2, 0.25) is 0 Å². The van der Waals surface area contributed by atoms with Crippen LogP contribution in [0.25, 0.3) is 22.3 Å². The minimum atomic E-state index is -3.28. The lowest BCUT2D eigenvalue weighted by atomic mass is 9.73. The van der Waals surface area contributed by atoms with Gasteiger partial charge in [-0.1, -0.05) is 24.6 Å². The van der Waals surface area contributed by atoms with Crippen molar-refractivity contribution in [1.82, 2.24) is 39.5 Å². The van der Waals surface area contributed by atoms with Gasteiger partial charge in [-0.05, 0) is 127 Å². The van der Waals surface area contributed by atoms with Gasteiger partial charge in [0.15, 0.2) is 5.82 Å². The molecule has 0 bridgehead atoms. The van der Waals surface area contributed by atoms with E-state index < -0.39 is 35.5 Å². The second kappa shape index (κ2) is 18.7. The number of carbonyl (C=O) groups is 5. The van der Waals surface area contributed by atoms with Gasteiger partial charge in [-0.25, -0.2) is 23.7 Å². The van der Waals surface area contributed by atoms with Crippen molar-refractivity contribution < 1.29 is 32.8 Å². The van der Waals surface area contributed by atoms with E-state index in [2.05, 4.69) is 62.0 Å². The third-order valence-corrected chi connectivity index (χ3v) is 17.8. The van der Waals surface area contributed by atoms with Crippen molar-refractivity contribution in [3.05, 3.63) is 60.0 Å². The van der Waals surface area contributed by atoms with Crippen molar-refractivity contribution in [1.29, 1.82) is 0 Å². The smallest absolute Gasteiger partial charge is 0.263 e. The van der Waals surface area contributed by atoms with Gasteiger partial charge in [-0.15, -0.1) is 0 Å². The molecule has 2 unspecified atom stereocenters. The van der Waals surface area contributed by atoms with Crippen LogP contribution in [0.3, 0.4) is 0 Å². The summed E-state index contributed by atoms with van der Waals surface area (Å²) < 4.78 is 34.1. The highest BCUT2D eigenvalue weighted by molar-refractivity contribution is 6.09. The molecule has 5 saturated heterocycles. The maximum absolute atomic E-state index is 16.0. The first-order valence-corrected chi connectivity index (χ1v) is 27.1. The number of amides is 5. The van der Waals surface area contributed by atoms with Gasteiger partial charge >= 0.3 is 0 Å². The highest BCUT2D eigenvalue weighted by Gasteiger charge is 2.57. The molecule has 9 heterocycles. The minimum Gasteiger partial charge on any atom is -0.366 e. The molecule has 6 aliphatic heterocycles. The van der Waals surface area contributed by atoms with Crippen molar-refractivity contribution in [2.24, 2.45) is 11.8 Å². The van der Waals surface area contributed by atoms with Gasteiger partial charge in [-0.2, -0.15) is 0 Å². The second-order valence-corrected chi connectivity index (χ2v) is 22.6. The molecule has 2 N–H and O–H groups in total. The van der Waals surface area contributed by atoms with E-state index in [0.29, 0.717) is 57.3 Å². The number of halogens is 2. The molecular weight excluding hydrogens is 933 g/mol. The van der Waals surface area contributed by atoms with E-state index in [4.69, 9.17) is 9.97 Å². The van der Waals surface area contributed by atoms with Crippen LogP contribution in [0.1, 0.15) is 127 Å². The van der Waals surface area contributed by atoms with Gasteiger partial charge in [0.1, 0.15) is 17.3 Å². The highest BCUT2D eigenvalue weighted by atomic mass is 19.3. The first kappa shape index (κ1) is 47.9. The summed E-state index contributed by atoms with van der Waals surface area (Å²) in [5, 5.41) is 6.05. The first-order chi connectivity index (χ1) is 35.2. The fourth-order valence-corrected chi connectivity index (χ4v) is 13.2.